The van der Waals surface area contributed by atoms with E-state index < -0.39 is 38.1 Å². The molecule has 1 N–H and O–H groups in total. The fraction of sp³-hybridized carbons (Fsp3) is 0.462. The number of hydrogen-bond acceptors (Lipinski definition) is 7. The normalized spacial score (nSPS) is 20.6. The summed E-state index contributed by atoms with van der Waals surface area (Å²) in [6, 6.07) is 10.4. The Morgan fingerprint density at radius 3 is 2.54 bits per heavy atom. The van der Waals surface area contributed by atoms with Crippen molar-refractivity contribution < 1.29 is 31.4 Å². The first kappa shape index (κ1) is 29.1. The van der Waals surface area contributed by atoms with Crippen LogP contribution in [0.4, 0.5) is 0 Å². The van der Waals surface area contributed by atoms with Gasteiger partial charge in [0.2, 0.25) is 20.0 Å². The van der Waals surface area contributed by atoms with E-state index in [4.69, 9.17) is 9.47 Å². The number of nitrogens with zero attached hydrogens (tertiary/aromatic N) is 2. The standard InChI is InChI=1S/C26H34N2O7S2/c1-19-8-11-23(12-9-19)36(30,31)27(4)17-25-20(2)16-28(21(3)18-29)37(32,33)26-13-10-22(7-6-14-34-5)15-24(26)35-25/h8-13,15,20-21,25,29H,14,16-18H2,1-5H3/t20-,21+,25-/m1/s1. The van der Waals surface area contributed by atoms with Crippen molar-refractivity contribution in [2.75, 3.05) is 40.5 Å². The second kappa shape index (κ2) is 11.9. The predicted molar refractivity (Wildman–Crippen MR) is 140 cm³/mol. The van der Waals surface area contributed by atoms with E-state index in [0.29, 0.717) is 5.56 Å². The third-order valence-corrected chi connectivity index (χ3v) is 10.1. The van der Waals surface area contributed by atoms with Crippen LogP contribution in [-0.2, 0) is 24.8 Å². The van der Waals surface area contributed by atoms with Crippen molar-refractivity contribution in [1.82, 2.24) is 8.61 Å². The number of aryl methyl sites for hydroxylation is 1. The molecule has 9 nitrogen and oxygen atoms in total. The number of fused-ring (bicyclic) bond motifs is 1. The van der Waals surface area contributed by atoms with Crippen molar-refractivity contribution in [3.8, 4) is 17.6 Å². The lowest BCUT2D eigenvalue weighted by Crippen LogP contribution is -2.50. The van der Waals surface area contributed by atoms with Gasteiger partial charge in [-0.2, -0.15) is 8.61 Å². The molecule has 0 amide bonds. The molecule has 0 saturated heterocycles. The summed E-state index contributed by atoms with van der Waals surface area (Å²) in [4.78, 5) is 0.0966. The van der Waals surface area contributed by atoms with Crippen molar-refractivity contribution in [2.24, 2.45) is 5.92 Å². The lowest BCUT2D eigenvalue weighted by atomic mass is 10.0. The maximum absolute atomic E-state index is 13.6. The Morgan fingerprint density at radius 1 is 1.24 bits per heavy atom. The summed E-state index contributed by atoms with van der Waals surface area (Å²) < 4.78 is 67.3. The topological polar surface area (TPSA) is 113 Å². The molecule has 2 aromatic carbocycles. The molecule has 1 heterocycles. The molecule has 202 valence electrons. The van der Waals surface area contributed by atoms with Crippen LogP contribution in [0, 0.1) is 24.7 Å². The zero-order valence-corrected chi connectivity index (χ0v) is 23.3. The van der Waals surface area contributed by atoms with Crippen molar-refractivity contribution in [3.05, 3.63) is 53.6 Å². The number of ether oxygens (including phenoxy) is 2. The minimum Gasteiger partial charge on any atom is -0.487 e. The van der Waals surface area contributed by atoms with Crippen LogP contribution in [-0.4, -0.2) is 83.2 Å². The molecule has 0 aliphatic carbocycles. The van der Waals surface area contributed by atoms with E-state index in [1.165, 1.54) is 34.9 Å². The highest BCUT2D eigenvalue weighted by molar-refractivity contribution is 7.89. The minimum atomic E-state index is -4.01. The van der Waals surface area contributed by atoms with Crippen LogP contribution in [0.5, 0.6) is 5.75 Å². The van der Waals surface area contributed by atoms with E-state index >= 15 is 0 Å². The maximum Gasteiger partial charge on any atom is 0.247 e. The van der Waals surface area contributed by atoms with E-state index in [-0.39, 0.29) is 41.8 Å². The Labute approximate surface area is 220 Å². The van der Waals surface area contributed by atoms with Gasteiger partial charge in [0.15, 0.2) is 0 Å². The van der Waals surface area contributed by atoms with E-state index in [1.54, 1.807) is 44.2 Å². The summed E-state index contributed by atoms with van der Waals surface area (Å²) in [5.41, 5.74) is 1.47. The second-order valence-electron chi connectivity index (χ2n) is 9.23. The molecule has 0 spiro atoms. The number of sulfonamides is 2. The molecule has 11 heteroatoms. The van der Waals surface area contributed by atoms with E-state index in [9.17, 15) is 21.9 Å². The summed E-state index contributed by atoms with van der Waals surface area (Å²) in [6.45, 7) is 5.17. The SMILES string of the molecule is COCC#Cc1ccc2c(c1)O[C@H](CN(C)S(=O)(=O)c1ccc(C)cc1)[C@H](C)CN([C@@H](C)CO)S2(=O)=O. The van der Waals surface area contributed by atoms with Crippen molar-refractivity contribution >= 4 is 20.0 Å². The molecule has 0 fully saturated rings. The molecular weight excluding hydrogens is 516 g/mol. The van der Waals surface area contributed by atoms with Crippen LogP contribution >= 0.6 is 0 Å². The molecule has 0 aromatic heterocycles. The predicted octanol–water partition coefficient (Wildman–Crippen LogP) is 2.08. The number of aliphatic hydroxyl groups is 1. The Hall–Kier alpha value is -2.46. The van der Waals surface area contributed by atoms with Gasteiger partial charge in [0.25, 0.3) is 0 Å². The third kappa shape index (κ3) is 6.52. The Bertz CT molecular complexity index is 1360. The molecule has 0 unspecified atom stereocenters. The van der Waals surface area contributed by atoms with Gasteiger partial charge >= 0.3 is 0 Å². The number of methoxy groups -OCH3 is 1. The Balaban J connectivity index is 2.04. The van der Waals surface area contributed by atoms with E-state index in [2.05, 4.69) is 11.8 Å². The summed E-state index contributed by atoms with van der Waals surface area (Å²) in [6.07, 6.45) is -0.685. The summed E-state index contributed by atoms with van der Waals surface area (Å²) >= 11 is 0. The zero-order valence-electron chi connectivity index (χ0n) is 21.7. The molecule has 37 heavy (non-hydrogen) atoms. The Morgan fingerprint density at radius 2 is 1.92 bits per heavy atom. The summed E-state index contributed by atoms with van der Waals surface area (Å²) in [7, 11) is -4.83. The summed E-state index contributed by atoms with van der Waals surface area (Å²) in [5.74, 6) is 5.41. The van der Waals surface area contributed by atoms with Crippen LogP contribution < -0.4 is 4.74 Å². The number of likely N-dealkylation sites (N-methyl/N-ethyl adjacent to an activating group) is 1. The van der Waals surface area contributed by atoms with Gasteiger partial charge in [-0.1, -0.05) is 36.5 Å². The second-order valence-corrected chi connectivity index (χ2v) is 13.1. The molecule has 0 saturated carbocycles. The fourth-order valence-corrected chi connectivity index (χ4v) is 6.98. The fourth-order valence-electron chi connectivity index (χ4n) is 3.97. The Kier molecular flexibility index (Phi) is 9.39. The van der Waals surface area contributed by atoms with Gasteiger partial charge in [0, 0.05) is 38.2 Å². The van der Waals surface area contributed by atoms with Gasteiger partial charge in [-0.15, -0.1) is 0 Å². The third-order valence-electron chi connectivity index (χ3n) is 6.28. The van der Waals surface area contributed by atoms with E-state index in [0.717, 1.165) is 5.56 Å². The highest BCUT2D eigenvalue weighted by atomic mass is 32.2. The van der Waals surface area contributed by atoms with Crippen LogP contribution in [0.3, 0.4) is 0 Å². The van der Waals surface area contributed by atoms with Gasteiger partial charge in [0.1, 0.15) is 23.4 Å². The van der Waals surface area contributed by atoms with Crippen molar-refractivity contribution in [1.29, 1.82) is 0 Å². The largest absolute Gasteiger partial charge is 0.487 e. The lowest BCUT2D eigenvalue weighted by molar-refractivity contribution is 0.0904. The minimum absolute atomic E-state index is 0.0161. The highest BCUT2D eigenvalue weighted by Crippen LogP contribution is 2.34. The first-order valence-electron chi connectivity index (χ1n) is 11.9. The number of aliphatic hydroxyl groups excluding tert-OH is 1. The summed E-state index contributed by atoms with van der Waals surface area (Å²) in [5, 5.41) is 9.79. The monoisotopic (exact) mass is 550 g/mol. The molecule has 2 aromatic rings. The van der Waals surface area contributed by atoms with Gasteiger partial charge < -0.3 is 14.6 Å². The van der Waals surface area contributed by atoms with Crippen LogP contribution in [0.25, 0.3) is 0 Å². The molecule has 3 rings (SSSR count). The average Bonchev–Trinajstić information content (AvgIpc) is 2.86. The average molecular weight is 551 g/mol. The first-order valence-corrected chi connectivity index (χ1v) is 14.7. The maximum atomic E-state index is 13.6. The number of rotatable bonds is 7. The van der Waals surface area contributed by atoms with Crippen molar-refractivity contribution in [2.45, 2.75) is 42.7 Å². The van der Waals surface area contributed by atoms with Gasteiger partial charge in [-0.3, -0.25) is 0 Å². The zero-order chi connectivity index (χ0) is 27.4. The molecule has 0 bridgehead atoms. The lowest BCUT2D eigenvalue weighted by Gasteiger charge is -2.37. The molecule has 3 atom stereocenters. The van der Waals surface area contributed by atoms with Crippen LogP contribution in [0.1, 0.15) is 25.0 Å². The highest BCUT2D eigenvalue weighted by Gasteiger charge is 2.39. The van der Waals surface area contributed by atoms with Crippen LogP contribution in [0.2, 0.25) is 0 Å². The smallest absolute Gasteiger partial charge is 0.247 e. The number of benzene rings is 2. The van der Waals surface area contributed by atoms with Gasteiger partial charge in [-0.25, -0.2) is 16.8 Å². The van der Waals surface area contributed by atoms with E-state index in [1.807, 2.05) is 6.92 Å². The molecule has 1 aliphatic heterocycles. The first-order chi connectivity index (χ1) is 17.4. The van der Waals surface area contributed by atoms with Gasteiger partial charge in [-0.05, 0) is 44.2 Å². The number of hydrogen-bond donors (Lipinski definition) is 1. The molecule has 0 radical (unpaired) electrons. The molecular formula is C26H34N2O7S2. The van der Waals surface area contributed by atoms with Gasteiger partial charge in [0.05, 0.1) is 18.0 Å². The molecule has 1 aliphatic rings. The van der Waals surface area contributed by atoms with Crippen LogP contribution in [0.15, 0.2) is 52.3 Å². The van der Waals surface area contributed by atoms with Crippen molar-refractivity contribution in [3.63, 3.8) is 0 Å². The quantitative estimate of drug-likeness (QED) is 0.525.